The zero-order valence-corrected chi connectivity index (χ0v) is 9.50. The smallest absolute Gasteiger partial charge is 0.335 e. The van der Waals surface area contributed by atoms with E-state index in [9.17, 15) is 9.18 Å². The molecule has 0 saturated heterocycles. The van der Waals surface area contributed by atoms with Gasteiger partial charge in [-0.25, -0.2) is 14.2 Å². The van der Waals surface area contributed by atoms with E-state index in [2.05, 4.69) is 9.97 Å². The van der Waals surface area contributed by atoms with Crippen molar-refractivity contribution >= 4 is 17.1 Å². The van der Waals surface area contributed by atoms with E-state index in [0.717, 1.165) is 6.20 Å². The minimum atomic E-state index is -1.06. The quantitative estimate of drug-likeness (QED) is 0.764. The van der Waals surface area contributed by atoms with Crippen molar-refractivity contribution in [1.29, 1.82) is 0 Å². The molecule has 2 heterocycles. The molecule has 0 saturated carbocycles. The molecule has 0 fully saturated rings. The van der Waals surface area contributed by atoms with Crippen molar-refractivity contribution in [1.82, 2.24) is 9.97 Å². The van der Waals surface area contributed by atoms with Crippen LogP contribution in [-0.2, 0) is 0 Å². The summed E-state index contributed by atoms with van der Waals surface area (Å²) in [6.07, 6.45) is 2.49. The Morgan fingerprint density at radius 2 is 2.16 bits per heavy atom. The van der Waals surface area contributed by atoms with E-state index in [-0.39, 0.29) is 17.0 Å². The van der Waals surface area contributed by atoms with E-state index >= 15 is 0 Å². The Morgan fingerprint density at radius 3 is 2.89 bits per heavy atom. The molecule has 0 bridgehead atoms. The minimum absolute atomic E-state index is 0.0883. The highest BCUT2D eigenvalue weighted by atomic mass is 19.1. The van der Waals surface area contributed by atoms with Crippen LogP contribution in [0.1, 0.15) is 10.4 Å². The van der Waals surface area contributed by atoms with E-state index < -0.39 is 11.8 Å². The van der Waals surface area contributed by atoms with Gasteiger partial charge in [-0.3, -0.25) is 4.98 Å². The average molecular weight is 258 g/mol. The van der Waals surface area contributed by atoms with Gasteiger partial charge in [-0.15, -0.1) is 0 Å². The van der Waals surface area contributed by atoms with Crippen molar-refractivity contribution in [2.24, 2.45) is 0 Å². The third kappa shape index (κ3) is 1.93. The summed E-state index contributed by atoms with van der Waals surface area (Å²) < 4.78 is 18.9. The molecule has 0 unspecified atom stereocenters. The van der Waals surface area contributed by atoms with Crippen LogP contribution in [0.4, 0.5) is 4.39 Å². The average Bonchev–Trinajstić information content (AvgIpc) is 2.81. The lowest BCUT2D eigenvalue weighted by Crippen LogP contribution is -1.94. The molecule has 3 aromatic rings. The van der Waals surface area contributed by atoms with Crippen molar-refractivity contribution in [3.63, 3.8) is 0 Å². The third-order valence-electron chi connectivity index (χ3n) is 2.64. The zero-order chi connectivity index (χ0) is 13.4. The van der Waals surface area contributed by atoms with Crippen molar-refractivity contribution in [3.8, 4) is 11.5 Å². The van der Waals surface area contributed by atoms with Crippen LogP contribution < -0.4 is 0 Å². The van der Waals surface area contributed by atoms with Gasteiger partial charge in [0, 0.05) is 6.20 Å². The van der Waals surface area contributed by atoms with Crippen molar-refractivity contribution in [2.75, 3.05) is 0 Å². The maximum absolute atomic E-state index is 13.6. The summed E-state index contributed by atoms with van der Waals surface area (Å²) in [6, 6.07) is 5.73. The number of benzene rings is 1. The Balaban J connectivity index is 2.17. The van der Waals surface area contributed by atoms with Gasteiger partial charge in [0.05, 0.1) is 17.3 Å². The Kier molecular flexibility index (Phi) is 2.49. The molecule has 0 aliphatic heterocycles. The normalized spacial score (nSPS) is 10.8. The fourth-order valence-corrected chi connectivity index (χ4v) is 1.72. The number of carbonyl (C=O) groups is 1. The number of fused-ring (bicyclic) bond motifs is 1. The zero-order valence-electron chi connectivity index (χ0n) is 9.50. The lowest BCUT2D eigenvalue weighted by Gasteiger charge is -1.95. The first kappa shape index (κ1) is 11.3. The fraction of sp³-hybridized carbons (Fsp3) is 0. The van der Waals surface area contributed by atoms with Crippen LogP contribution in [0.15, 0.2) is 41.1 Å². The predicted molar refractivity (Wildman–Crippen MR) is 64.2 cm³/mol. The highest BCUT2D eigenvalue weighted by Crippen LogP contribution is 2.26. The first-order chi connectivity index (χ1) is 9.15. The van der Waals surface area contributed by atoms with Gasteiger partial charge in [-0.05, 0) is 24.3 Å². The van der Waals surface area contributed by atoms with Crippen LogP contribution in [0, 0.1) is 5.82 Å². The molecule has 5 nitrogen and oxygen atoms in total. The van der Waals surface area contributed by atoms with Gasteiger partial charge >= 0.3 is 5.97 Å². The topological polar surface area (TPSA) is 76.2 Å². The van der Waals surface area contributed by atoms with Crippen molar-refractivity contribution in [3.05, 3.63) is 48.0 Å². The number of hydrogen-bond donors (Lipinski definition) is 1. The lowest BCUT2D eigenvalue weighted by atomic mass is 10.2. The van der Waals surface area contributed by atoms with Crippen molar-refractivity contribution < 1.29 is 18.7 Å². The number of hydrogen-bond acceptors (Lipinski definition) is 4. The fourth-order valence-electron chi connectivity index (χ4n) is 1.72. The van der Waals surface area contributed by atoms with Crippen LogP contribution >= 0.6 is 0 Å². The summed E-state index contributed by atoms with van der Waals surface area (Å²) in [7, 11) is 0. The molecule has 2 aromatic heterocycles. The Bertz CT molecular complexity index is 782. The Labute approximate surface area is 106 Å². The second kappa shape index (κ2) is 4.16. The number of carboxylic acids is 1. The van der Waals surface area contributed by atoms with E-state index in [1.54, 1.807) is 0 Å². The summed E-state index contributed by atoms with van der Waals surface area (Å²) in [6.45, 7) is 0. The molecule has 19 heavy (non-hydrogen) atoms. The van der Waals surface area contributed by atoms with Crippen LogP contribution in [0.2, 0.25) is 0 Å². The molecular weight excluding hydrogens is 251 g/mol. The molecule has 0 aliphatic rings. The molecule has 0 atom stereocenters. The summed E-state index contributed by atoms with van der Waals surface area (Å²) in [5.41, 5.74) is 1.04. The maximum Gasteiger partial charge on any atom is 0.335 e. The Morgan fingerprint density at radius 1 is 1.32 bits per heavy atom. The summed E-state index contributed by atoms with van der Waals surface area (Å²) >= 11 is 0. The van der Waals surface area contributed by atoms with Gasteiger partial charge in [0.2, 0.25) is 5.89 Å². The number of carboxylic acid groups (broad SMARTS) is 1. The molecule has 1 N–H and O–H groups in total. The molecule has 1 aromatic carbocycles. The molecule has 0 radical (unpaired) electrons. The molecule has 0 spiro atoms. The van der Waals surface area contributed by atoms with Crippen LogP contribution in [0.25, 0.3) is 22.6 Å². The number of rotatable bonds is 2. The largest absolute Gasteiger partial charge is 0.478 e. The highest BCUT2D eigenvalue weighted by Gasteiger charge is 2.13. The maximum atomic E-state index is 13.6. The lowest BCUT2D eigenvalue weighted by molar-refractivity contribution is 0.0697. The summed E-state index contributed by atoms with van der Waals surface area (Å²) in [5.74, 6) is -1.51. The summed E-state index contributed by atoms with van der Waals surface area (Å²) in [4.78, 5) is 18.6. The minimum Gasteiger partial charge on any atom is -0.478 e. The van der Waals surface area contributed by atoms with Gasteiger partial charge in [0.15, 0.2) is 11.4 Å². The third-order valence-corrected chi connectivity index (χ3v) is 2.64. The molecule has 3 rings (SSSR count). The van der Waals surface area contributed by atoms with E-state index in [0.29, 0.717) is 11.1 Å². The molecular formula is C13H7FN2O3. The van der Waals surface area contributed by atoms with E-state index in [1.165, 1.54) is 30.5 Å². The number of pyridine rings is 1. The predicted octanol–water partition coefficient (Wildman–Crippen LogP) is 2.73. The number of nitrogens with zero attached hydrogens (tertiary/aromatic N) is 2. The van der Waals surface area contributed by atoms with Crippen LogP contribution in [0.5, 0.6) is 0 Å². The van der Waals surface area contributed by atoms with Gasteiger partial charge < -0.3 is 9.52 Å². The van der Waals surface area contributed by atoms with Crippen LogP contribution in [-0.4, -0.2) is 21.0 Å². The molecule has 94 valence electrons. The first-order valence-corrected chi connectivity index (χ1v) is 5.39. The second-order valence-electron chi connectivity index (χ2n) is 3.86. The number of aromatic nitrogens is 2. The molecule has 0 aliphatic carbocycles. The van der Waals surface area contributed by atoms with Crippen LogP contribution in [0.3, 0.4) is 0 Å². The van der Waals surface area contributed by atoms with Gasteiger partial charge in [-0.2, -0.15) is 0 Å². The molecule has 6 heteroatoms. The number of aromatic carboxylic acids is 1. The highest BCUT2D eigenvalue weighted by molar-refractivity contribution is 5.92. The second-order valence-corrected chi connectivity index (χ2v) is 3.86. The van der Waals surface area contributed by atoms with Crippen molar-refractivity contribution in [2.45, 2.75) is 0 Å². The van der Waals surface area contributed by atoms with E-state index in [4.69, 9.17) is 9.52 Å². The van der Waals surface area contributed by atoms with Gasteiger partial charge in [0.25, 0.3) is 0 Å². The molecule has 0 amide bonds. The Hall–Kier alpha value is -2.76. The summed E-state index contributed by atoms with van der Waals surface area (Å²) in [5, 5.41) is 8.88. The number of halogens is 1. The number of oxazole rings is 1. The monoisotopic (exact) mass is 258 g/mol. The van der Waals surface area contributed by atoms with E-state index in [1.807, 2.05) is 0 Å². The standard InChI is InChI=1S/C13H7FN2O3/c14-9-6-15-4-3-8(9)12-16-10-2-1-7(13(17)18)5-11(10)19-12/h1-6H,(H,17,18). The van der Waals surface area contributed by atoms with Gasteiger partial charge in [0.1, 0.15) is 5.52 Å². The SMILES string of the molecule is O=C(O)c1ccc2nc(-c3ccncc3F)oc2c1. The first-order valence-electron chi connectivity index (χ1n) is 5.39. The van der Waals surface area contributed by atoms with Gasteiger partial charge in [-0.1, -0.05) is 0 Å².